The summed E-state index contributed by atoms with van der Waals surface area (Å²) in [5, 5.41) is 0. The summed E-state index contributed by atoms with van der Waals surface area (Å²) in [6.07, 6.45) is 91.9. The van der Waals surface area contributed by atoms with Crippen LogP contribution in [0, 0.1) is 0 Å². The number of esters is 3. The number of hydrogen-bond acceptors (Lipinski definition) is 6. The van der Waals surface area contributed by atoms with Crippen LogP contribution in [0.2, 0.25) is 0 Å². The van der Waals surface area contributed by atoms with E-state index in [1.54, 1.807) is 0 Å². The fourth-order valence-corrected chi connectivity index (χ4v) is 8.67. The third-order valence-corrected chi connectivity index (χ3v) is 13.4. The van der Waals surface area contributed by atoms with Crippen LogP contribution in [0.4, 0.5) is 0 Å². The quantitative estimate of drug-likeness (QED) is 0.0261. The SMILES string of the molecule is CC/C=C\C/C=C\C/C=C\C/C=C\C/C=C\C/C=C\C/C=C\CCCCCCCCCC(=O)OCC(COC(=O)CC/C=C\C/C=C\C/C=C\C/C=C\CC)OC(=O)CCCCCCCCCCCCCCCCCCCC. The van der Waals surface area contributed by atoms with Gasteiger partial charge in [-0.15, -0.1) is 0 Å². The topological polar surface area (TPSA) is 78.9 Å². The fourth-order valence-electron chi connectivity index (χ4n) is 8.67. The number of carbonyl (C=O) groups excluding carboxylic acids is 3. The Morgan fingerprint density at radius 1 is 0.269 bits per heavy atom. The van der Waals surface area contributed by atoms with Gasteiger partial charge in [0, 0.05) is 19.3 Å². The van der Waals surface area contributed by atoms with Crippen LogP contribution in [0.3, 0.4) is 0 Å². The second-order valence-corrected chi connectivity index (χ2v) is 20.9. The van der Waals surface area contributed by atoms with Gasteiger partial charge in [0.2, 0.25) is 0 Å². The smallest absolute Gasteiger partial charge is 0.306 e. The lowest BCUT2D eigenvalue weighted by molar-refractivity contribution is -0.166. The average Bonchev–Trinajstić information content (AvgIpc) is 3.44. The zero-order chi connectivity index (χ0) is 56.4. The molecule has 0 aromatic heterocycles. The molecule has 0 radical (unpaired) electrons. The van der Waals surface area contributed by atoms with Gasteiger partial charge >= 0.3 is 17.9 Å². The van der Waals surface area contributed by atoms with Gasteiger partial charge in [-0.05, 0) is 103 Å². The van der Waals surface area contributed by atoms with Gasteiger partial charge in [-0.3, -0.25) is 14.4 Å². The van der Waals surface area contributed by atoms with E-state index in [1.807, 2.05) is 6.08 Å². The van der Waals surface area contributed by atoms with E-state index < -0.39 is 6.10 Å². The Hall–Kier alpha value is -4.45. The molecule has 0 saturated heterocycles. The summed E-state index contributed by atoms with van der Waals surface area (Å²) >= 11 is 0. The number of rotatable bonds is 57. The molecule has 0 aliphatic heterocycles. The molecule has 0 N–H and O–H groups in total. The molecular weight excluding hydrogens is 961 g/mol. The highest BCUT2D eigenvalue weighted by atomic mass is 16.6. The molecule has 1 atom stereocenters. The molecule has 0 spiro atoms. The van der Waals surface area contributed by atoms with Gasteiger partial charge in [-0.25, -0.2) is 0 Å². The number of unbranched alkanes of at least 4 members (excludes halogenated alkanes) is 24. The van der Waals surface area contributed by atoms with Gasteiger partial charge in [-0.1, -0.05) is 296 Å². The van der Waals surface area contributed by atoms with Crippen LogP contribution < -0.4 is 0 Å². The van der Waals surface area contributed by atoms with Crippen molar-refractivity contribution in [1.82, 2.24) is 0 Å². The maximum absolute atomic E-state index is 12.9. The van der Waals surface area contributed by atoms with E-state index in [9.17, 15) is 14.4 Å². The molecular formula is C72H118O6. The van der Waals surface area contributed by atoms with Crippen LogP contribution >= 0.6 is 0 Å². The maximum atomic E-state index is 12.9. The number of hydrogen-bond donors (Lipinski definition) is 0. The zero-order valence-electron chi connectivity index (χ0n) is 50.6. The zero-order valence-corrected chi connectivity index (χ0v) is 50.6. The summed E-state index contributed by atoms with van der Waals surface area (Å²) in [6, 6.07) is 0. The molecule has 0 fully saturated rings. The molecule has 0 aliphatic carbocycles. The number of carbonyl (C=O) groups is 3. The van der Waals surface area contributed by atoms with E-state index in [0.29, 0.717) is 19.3 Å². The van der Waals surface area contributed by atoms with Crippen molar-refractivity contribution in [2.24, 2.45) is 0 Å². The third-order valence-electron chi connectivity index (χ3n) is 13.4. The molecule has 0 amide bonds. The second-order valence-electron chi connectivity index (χ2n) is 20.9. The van der Waals surface area contributed by atoms with E-state index in [4.69, 9.17) is 14.2 Å². The average molecular weight is 1080 g/mol. The first-order valence-electron chi connectivity index (χ1n) is 32.2. The molecule has 0 aliphatic rings. The van der Waals surface area contributed by atoms with E-state index in [0.717, 1.165) is 116 Å². The second kappa shape index (κ2) is 65.1. The van der Waals surface area contributed by atoms with Crippen LogP contribution in [0.15, 0.2) is 134 Å². The van der Waals surface area contributed by atoms with Gasteiger partial charge in [-0.2, -0.15) is 0 Å². The summed E-state index contributed by atoms with van der Waals surface area (Å²) in [5.74, 6) is -0.997. The van der Waals surface area contributed by atoms with E-state index >= 15 is 0 Å². The fraction of sp³-hybridized carbons (Fsp3) is 0.653. The normalized spacial score (nSPS) is 13.0. The first-order valence-corrected chi connectivity index (χ1v) is 32.2. The van der Waals surface area contributed by atoms with Gasteiger partial charge in [0.05, 0.1) is 0 Å². The molecule has 0 saturated carbocycles. The lowest BCUT2D eigenvalue weighted by Gasteiger charge is -2.18. The molecule has 6 nitrogen and oxygen atoms in total. The number of ether oxygens (including phenoxy) is 3. The Kier molecular flexibility index (Phi) is 61.4. The molecule has 0 aromatic rings. The predicted octanol–water partition coefficient (Wildman–Crippen LogP) is 22.2. The summed E-state index contributed by atoms with van der Waals surface area (Å²) in [7, 11) is 0. The molecule has 78 heavy (non-hydrogen) atoms. The van der Waals surface area contributed by atoms with Gasteiger partial charge < -0.3 is 14.2 Å². The summed E-state index contributed by atoms with van der Waals surface area (Å²) in [5.41, 5.74) is 0. The lowest BCUT2D eigenvalue weighted by atomic mass is 10.0. The van der Waals surface area contributed by atoms with Gasteiger partial charge in [0.1, 0.15) is 13.2 Å². The minimum atomic E-state index is -0.815. The Bertz CT molecular complexity index is 1670. The summed E-state index contributed by atoms with van der Waals surface area (Å²) in [6.45, 7) is 6.35. The Morgan fingerprint density at radius 3 is 0.859 bits per heavy atom. The van der Waals surface area contributed by atoms with Gasteiger partial charge in [0.15, 0.2) is 6.10 Å². The van der Waals surface area contributed by atoms with Crippen LogP contribution in [-0.4, -0.2) is 37.2 Å². The highest BCUT2D eigenvalue weighted by Crippen LogP contribution is 2.16. The molecule has 0 bridgehead atoms. The van der Waals surface area contributed by atoms with Crippen LogP contribution in [0.1, 0.15) is 284 Å². The summed E-state index contributed by atoms with van der Waals surface area (Å²) in [4.78, 5) is 38.2. The van der Waals surface area contributed by atoms with Crippen LogP contribution in [0.5, 0.6) is 0 Å². The van der Waals surface area contributed by atoms with E-state index in [2.05, 4.69) is 148 Å². The molecule has 1 unspecified atom stereocenters. The van der Waals surface area contributed by atoms with Crippen molar-refractivity contribution in [1.29, 1.82) is 0 Å². The molecule has 0 heterocycles. The maximum Gasteiger partial charge on any atom is 0.306 e. The molecule has 0 rings (SSSR count). The number of allylic oxidation sites excluding steroid dienone is 22. The van der Waals surface area contributed by atoms with Gasteiger partial charge in [0.25, 0.3) is 0 Å². The minimum Gasteiger partial charge on any atom is -0.462 e. The monoisotopic (exact) mass is 1080 g/mol. The van der Waals surface area contributed by atoms with E-state index in [1.165, 1.54) is 122 Å². The van der Waals surface area contributed by atoms with Crippen molar-refractivity contribution in [2.75, 3.05) is 13.2 Å². The van der Waals surface area contributed by atoms with Crippen molar-refractivity contribution >= 4 is 17.9 Å². The minimum absolute atomic E-state index is 0.107. The van der Waals surface area contributed by atoms with Crippen molar-refractivity contribution in [2.45, 2.75) is 290 Å². The van der Waals surface area contributed by atoms with Crippen molar-refractivity contribution in [3.05, 3.63) is 134 Å². The Labute approximate surface area is 481 Å². The molecule has 442 valence electrons. The van der Waals surface area contributed by atoms with E-state index in [-0.39, 0.29) is 37.5 Å². The van der Waals surface area contributed by atoms with Crippen molar-refractivity contribution in [3.63, 3.8) is 0 Å². The third kappa shape index (κ3) is 62.4. The van der Waals surface area contributed by atoms with Crippen LogP contribution in [-0.2, 0) is 28.6 Å². The largest absolute Gasteiger partial charge is 0.462 e. The Balaban J connectivity index is 4.37. The van der Waals surface area contributed by atoms with Crippen molar-refractivity contribution < 1.29 is 28.6 Å². The molecule has 6 heteroatoms. The molecule has 0 aromatic carbocycles. The summed E-state index contributed by atoms with van der Waals surface area (Å²) < 4.78 is 16.8. The first-order chi connectivity index (χ1) is 38.5. The predicted molar refractivity (Wildman–Crippen MR) is 339 cm³/mol. The Morgan fingerprint density at radius 2 is 0.526 bits per heavy atom. The standard InChI is InChI=1S/C72H118O6/c1-4-7-10-13-16-19-22-25-27-29-31-32-33-34-35-36-37-38-39-40-41-43-44-47-50-53-56-59-62-65-71(74)77-68-69(67-76-70(73)64-61-58-55-52-49-46-24-21-18-15-12-9-6-3)78-72(75)66-63-60-57-54-51-48-45-42-30-28-26-23-20-17-14-11-8-5-2/h7,9-10,12,16,18-19,21,25,27,31-32,34-35,37-38,40-41,46,49,55,58,69H,4-6,8,11,13-15,17,20,22-24,26,28-30,33,36,39,42-45,47-48,50-54,56-57,59-68H2,1-3H3/b10-7-,12-9-,19-16-,21-18-,27-25-,32-31-,35-34-,38-37-,41-40-,49-46-,58-55-. The first kappa shape index (κ1) is 73.5. The highest BCUT2D eigenvalue weighted by Gasteiger charge is 2.19. The lowest BCUT2D eigenvalue weighted by Crippen LogP contribution is -2.30. The van der Waals surface area contributed by atoms with Crippen LogP contribution in [0.25, 0.3) is 0 Å². The highest BCUT2D eigenvalue weighted by molar-refractivity contribution is 5.71. The van der Waals surface area contributed by atoms with Crippen molar-refractivity contribution in [3.8, 4) is 0 Å².